The van der Waals surface area contributed by atoms with Crippen molar-refractivity contribution in [3.05, 3.63) is 93.3 Å². The fourth-order valence-electron chi connectivity index (χ4n) is 9.69. The molecule has 4 heterocycles. The van der Waals surface area contributed by atoms with Gasteiger partial charge in [0, 0.05) is 63.0 Å². The van der Waals surface area contributed by atoms with Gasteiger partial charge in [-0.1, -0.05) is 81.4 Å². The number of hydrogen-bond acceptors (Lipinski definition) is 12. The van der Waals surface area contributed by atoms with Gasteiger partial charge in [-0.2, -0.15) is 0 Å². The number of aryl methyl sites for hydroxylation is 1. The summed E-state index contributed by atoms with van der Waals surface area (Å²) < 4.78 is 38.7. The summed E-state index contributed by atoms with van der Waals surface area (Å²) in [6.45, 7) is 21.6. The first-order chi connectivity index (χ1) is 32.0. The minimum Gasteiger partial charge on any atom is -0.444 e. The smallest absolute Gasteiger partial charge is 0.444 e. The lowest BCUT2D eigenvalue weighted by atomic mass is 9.99. The molecule has 3 saturated heterocycles. The highest BCUT2D eigenvalue weighted by atomic mass is 28.4. The van der Waals surface area contributed by atoms with Gasteiger partial charge < -0.3 is 37.9 Å². The Labute approximate surface area is 402 Å². The summed E-state index contributed by atoms with van der Waals surface area (Å²) >= 11 is 0. The lowest BCUT2D eigenvalue weighted by Crippen LogP contribution is -2.67. The van der Waals surface area contributed by atoms with Crippen LogP contribution < -0.4 is 21.6 Å². The van der Waals surface area contributed by atoms with E-state index in [1.807, 2.05) is 87.7 Å². The molecule has 2 aromatic carbocycles. The van der Waals surface area contributed by atoms with E-state index in [-0.39, 0.29) is 48.9 Å². The first-order valence-electron chi connectivity index (χ1n) is 24.3. The second-order valence-electron chi connectivity index (χ2n) is 21.5. The van der Waals surface area contributed by atoms with Crippen LogP contribution in [0.15, 0.2) is 76.4 Å². The van der Waals surface area contributed by atoms with E-state index in [0.717, 1.165) is 48.9 Å². The Kier molecular flexibility index (Phi) is 17.1. The van der Waals surface area contributed by atoms with Crippen LogP contribution in [-0.4, -0.2) is 132 Å². The molecule has 2 unspecified atom stereocenters. The van der Waals surface area contributed by atoms with Crippen molar-refractivity contribution in [2.45, 2.75) is 161 Å². The van der Waals surface area contributed by atoms with Crippen molar-refractivity contribution in [2.75, 3.05) is 45.9 Å². The largest absolute Gasteiger partial charge is 0.508 e. The van der Waals surface area contributed by atoms with Gasteiger partial charge in [0.15, 0.2) is 0 Å². The average Bonchev–Trinajstić information content (AvgIpc) is 3.66. The first kappa shape index (κ1) is 52.4. The number of aromatic amines is 1. The van der Waals surface area contributed by atoms with Gasteiger partial charge in [0.1, 0.15) is 36.2 Å². The van der Waals surface area contributed by atoms with Crippen molar-refractivity contribution in [2.24, 2.45) is 0 Å². The second-order valence-corrected chi connectivity index (χ2v) is 25.8. The van der Waals surface area contributed by atoms with Crippen LogP contribution in [0.2, 0.25) is 5.04 Å². The maximum Gasteiger partial charge on any atom is 0.508 e. The quantitative estimate of drug-likeness (QED) is 0.0988. The van der Waals surface area contributed by atoms with E-state index in [1.54, 1.807) is 6.92 Å². The lowest BCUT2D eigenvalue weighted by Gasteiger charge is -2.43. The summed E-state index contributed by atoms with van der Waals surface area (Å²) in [4.78, 5) is 74.5. The summed E-state index contributed by atoms with van der Waals surface area (Å²) in [5, 5.41) is 1.77. The summed E-state index contributed by atoms with van der Waals surface area (Å²) in [5.74, 6) is 0. The van der Waals surface area contributed by atoms with E-state index in [2.05, 4.69) is 54.9 Å². The number of carbonyl (C=O) groups is 3. The number of piperidine rings is 2. The number of rotatable bonds is 14. The molecule has 3 aliphatic rings. The van der Waals surface area contributed by atoms with E-state index in [4.69, 9.17) is 28.1 Å². The number of benzene rings is 2. The predicted octanol–water partition coefficient (Wildman–Crippen LogP) is 7.11. The van der Waals surface area contributed by atoms with Crippen LogP contribution in [0.1, 0.15) is 119 Å². The highest BCUT2D eigenvalue weighted by Crippen LogP contribution is 2.39. The number of nitrogens with one attached hydrogen (secondary N) is 1. The molecule has 5 atom stereocenters. The molecule has 1 aromatic heterocycles. The molecule has 6 rings (SSSR count). The molecule has 0 bridgehead atoms. The lowest BCUT2D eigenvalue weighted by molar-refractivity contribution is -0.0556. The Morgan fingerprint density at radius 3 is 1.76 bits per heavy atom. The number of carbonyl (C=O) groups excluding carboxylic acids is 3. The van der Waals surface area contributed by atoms with E-state index in [0.29, 0.717) is 38.3 Å². The van der Waals surface area contributed by atoms with Crippen LogP contribution in [-0.2, 0) is 28.1 Å². The normalized spacial score (nSPS) is 21.7. The zero-order chi connectivity index (χ0) is 49.4. The van der Waals surface area contributed by atoms with Crippen molar-refractivity contribution >= 4 is 37.0 Å². The van der Waals surface area contributed by atoms with Crippen molar-refractivity contribution in [3.8, 4) is 0 Å². The van der Waals surface area contributed by atoms with Gasteiger partial charge >= 0.3 is 24.0 Å². The highest BCUT2D eigenvalue weighted by molar-refractivity contribution is 6.99. The third-order valence-corrected chi connectivity index (χ3v) is 17.8. The second kappa shape index (κ2) is 22.2. The average molecular weight is 962 g/mol. The molecule has 3 fully saturated rings. The Morgan fingerprint density at radius 2 is 1.28 bits per heavy atom. The van der Waals surface area contributed by atoms with Crippen LogP contribution in [0.5, 0.6) is 0 Å². The van der Waals surface area contributed by atoms with Crippen molar-refractivity contribution in [3.63, 3.8) is 0 Å². The number of hydrogen-bond donors (Lipinski definition) is 1. The van der Waals surface area contributed by atoms with Gasteiger partial charge in [-0.15, -0.1) is 0 Å². The van der Waals surface area contributed by atoms with Gasteiger partial charge in [0.25, 0.3) is 13.9 Å². The molecule has 68 heavy (non-hydrogen) atoms. The maximum absolute atomic E-state index is 13.9. The van der Waals surface area contributed by atoms with Crippen LogP contribution in [0.25, 0.3) is 0 Å². The van der Waals surface area contributed by atoms with Crippen molar-refractivity contribution in [1.82, 2.24) is 24.3 Å². The molecule has 16 nitrogen and oxygen atoms in total. The van der Waals surface area contributed by atoms with Crippen LogP contribution >= 0.6 is 0 Å². The van der Waals surface area contributed by atoms with E-state index in [9.17, 15) is 24.0 Å². The zero-order valence-electron chi connectivity index (χ0n) is 41.9. The van der Waals surface area contributed by atoms with Gasteiger partial charge in [-0.05, 0) is 102 Å². The van der Waals surface area contributed by atoms with Gasteiger partial charge in [-0.25, -0.2) is 19.2 Å². The molecular weight excluding hydrogens is 887 g/mol. The summed E-state index contributed by atoms with van der Waals surface area (Å²) in [6, 6.07) is 20.0. The summed E-state index contributed by atoms with van der Waals surface area (Å²) in [5.41, 5.74) is -2.13. The summed E-state index contributed by atoms with van der Waals surface area (Å²) in [7, 11) is -3.07. The molecule has 0 aliphatic carbocycles. The minimum atomic E-state index is -3.07. The van der Waals surface area contributed by atoms with Gasteiger partial charge in [-0.3, -0.25) is 19.2 Å². The molecule has 0 radical (unpaired) electrons. The van der Waals surface area contributed by atoms with Crippen LogP contribution in [0.3, 0.4) is 0 Å². The maximum atomic E-state index is 13.9. The number of amides is 2. The van der Waals surface area contributed by atoms with E-state index in [1.165, 1.54) is 10.8 Å². The molecule has 3 aliphatic heterocycles. The first-order valence-corrected chi connectivity index (χ1v) is 26.2. The topological polar surface area (TPSA) is 171 Å². The minimum absolute atomic E-state index is 0.0255. The third kappa shape index (κ3) is 13.4. The Bertz CT molecular complexity index is 2180. The zero-order valence-corrected chi connectivity index (χ0v) is 42.9. The fourth-order valence-corrected chi connectivity index (χ4v) is 14.3. The number of H-pyrrole nitrogens is 1. The Balaban J connectivity index is 1.22. The SMILES string of the molecule is Cc1cn([C@H]2C[C@H](OC(=O)OCCN(CC3CCCCN3C(=O)OC(C)(C)C)CC3CCCCN3C(=O)OC(C)(C)C)[C@@H](CO[Si](c3ccccc3)(c3ccccc3)C(C)(C)C)O2)c(=O)[nH]c1=O. The molecule has 3 aromatic rings. The fraction of sp³-hybridized carbons (Fsp3) is 0.627. The standard InChI is InChI=1S/C51H75N5O11Si/c1-36-32-56(45(58)52-44(36)57)43-31-41(42(64-43)35-63-68(51(8,9)10,39-23-13-11-14-24-39)40-25-15-12-16-26-40)65-48(61)62-30-29-53(33-37-21-17-19-27-54(37)46(59)66-49(2,3)4)34-38-22-18-20-28-55(38)47(60)67-50(5,6)7/h11-16,23-26,32,37-38,41-43H,17-22,27-31,33-35H2,1-10H3,(H,52,57,58)/t37?,38?,41-,42+,43+/m0/s1. The van der Waals surface area contributed by atoms with Gasteiger partial charge in [0.05, 0.1) is 6.61 Å². The third-order valence-electron chi connectivity index (χ3n) is 12.8. The Morgan fingerprint density at radius 1 is 0.765 bits per heavy atom. The highest BCUT2D eigenvalue weighted by Gasteiger charge is 2.52. The van der Waals surface area contributed by atoms with E-state index < -0.39 is 55.4 Å². The Hall–Kier alpha value is -4.97. The monoisotopic (exact) mass is 962 g/mol. The predicted molar refractivity (Wildman–Crippen MR) is 262 cm³/mol. The van der Waals surface area contributed by atoms with E-state index >= 15 is 0 Å². The summed E-state index contributed by atoms with van der Waals surface area (Å²) in [6.07, 6.45) is 2.49. The number of aromatic nitrogens is 2. The molecule has 1 N–H and O–H groups in total. The number of likely N-dealkylation sites (tertiary alicyclic amines) is 2. The van der Waals surface area contributed by atoms with Crippen molar-refractivity contribution < 1.29 is 42.5 Å². The van der Waals surface area contributed by atoms with Crippen molar-refractivity contribution in [1.29, 1.82) is 0 Å². The number of nitrogens with zero attached hydrogens (tertiary/aromatic N) is 4. The van der Waals surface area contributed by atoms with Crippen LogP contribution in [0, 0.1) is 6.92 Å². The molecule has 374 valence electrons. The molecular formula is C51H75N5O11Si. The molecule has 17 heteroatoms. The van der Waals surface area contributed by atoms with Crippen LogP contribution in [0.4, 0.5) is 14.4 Å². The van der Waals surface area contributed by atoms with Gasteiger partial charge in [0.2, 0.25) is 0 Å². The molecule has 0 saturated carbocycles. The molecule has 2 amide bonds. The molecule has 0 spiro atoms. The number of ether oxygens (including phenoxy) is 5.